The van der Waals surface area contributed by atoms with E-state index in [4.69, 9.17) is 0 Å². The van der Waals surface area contributed by atoms with Crippen molar-refractivity contribution in [2.24, 2.45) is 0 Å². The SMILES string of the molecule is CCCCCNC(=O)CN1CCCC(c2ncc[nH]2)C1. The average molecular weight is 278 g/mol. The third kappa shape index (κ3) is 4.63. The number of aromatic nitrogens is 2. The van der Waals surface area contributed by atoms with Gasteiger partial charge in [0.1, 0.15) is 5.82 Å². The van der Waals surface area contributed by atoms with Crippen molar-refractivity contribution in [1.82, 2.24) is 20.2 Å². The van der Waals surface area contributed by atoms with Gasteiger partial charge in [-0.15, -0.1) is 0 Å². The second-order valence-corrected chi connectivity index (χ2v) is 5.61. The Morgan fingerprint density at radius 1 is 1.55 bits per heavy atom. The van der Waals surface area contributed by atoms with Gasteiger partial charge in [0.25, 0.3) is 0 Å². The molecule has 1 saturated heterocycles. The van der Waals surface area contributed by atoms with E-state index in [0.717, 1.165) is 44.7 Å². The number of hydrogen-bond acceptors (Lipinski definition) is 3. The topological polar surface area (TPSA) is 61.0 Å². The van der Waals surface area contributed by atoms with Crippen LogP contribution in [0.2, 0.25) is 0 Å². The summed E-state index contributed by atoms with van der Waals surface area (Å²) in [6.07, 6.45) is 9.41. The van der Waals surface area contributed by atoms with Gasteiger partial charge >= 0.3 is 0 Å². The number of unbranched alkanes of at least 4 members (excludes halogenated alkanes) is 2. The molecule has 5 heteroatoms. The fourth-order valence-corrected chi connectivity index (χ4v) is 2.78. The molecule has 0 radical (unpaired) electrons. The van der Waals surface area contributed by atoms with Crippen LogP contribution in [0.4, 0.5) is 0 Å². The molecule has 5 nitrogen and oxygen atoms in total. The van der Waals surface area contributed by atoms with Gasteiger partial charge in [-0.1, -0.05) is 19.8 Å². The lowest BCUT2D eigenvalue weighted by atomic mass is 9.97. The van der Waals surface area contributed by atoms with Gasteiger partial charge < -0.3 is 10.3 Å². The molecule has 1 aliphatic rings. The van der Waals surface area contributed by atoms with Crippen molar-refractivity contribution in [3.05, 3.63) is 18.2 Å². The predicted octanol–water partition coefficient (Wildman–Crippen LogP) is 1.90. The van der Waals surface area contributed by atoms with E-state index in [-0.39, 0.29) is 5.91 Å². The first kappa shape index (κ1) is 15.0. The second-order valence-electron chi connectivity index (χ2n) is 5.61. The van der Waals surface area contributed by atoms with E-state index in [1.165, 1.54) is 12.8 Å². The van der Waals surface area contributed by atoms with E-state index < -0.39 is 0 Å². The summed E-state index contributed by atoms with van der Waals surface area (Å²) in [5, 5.41) is 3.01. The Labute approximate surface area is 121 Å². The summed E-state index contributed by atoms with van der Waals surface area (Å²) >= 11 is 0. The molecule has 20 heavy (non-hydrogen) atoms. The number of amides is 1. The minimum absolute atomic E-state index is 0.154. The number of piperidine rings is 1. The predicted molar refractivity (Wildman–Crippen MR) is 79.5 cm³/mol. The Bertz CT molecular complexity index is 391. The van der Waals surface area contributed by atoms with Crippen LogP contribution in [0.15, 0.2) is 12.4 Å². The van der Waals surface area contributed by atoms with Gasteiger partial charge in [0.15, 0.2) is 0 Å². The molecule has 1 aliphatic heterocycles. The third-order valence-corrected chi connectivity index (χ3v) is 3.88. The smallest absolute Gasteiger partial charge is 0.234 e. The van der Waals surface area contributed by atoms with Crippen LogP contribution in [0.3, 0.4) is 0 Å². The van der Waals surface area contributed by atoms with Crippen molar-refractivity contribution in [2.45, 2.75) is 44.9 Å². The van der Waals surface area contributed by atoms with E-state index in [1.54, 1.807) is 6.20 Å². The molecule has 1 fully saturated rings. The maximum atomic E-state index is 11.9. The highest BCUT2D eigenvalue weighted by Crippen LogP contribution is 2.23. The number of rotatable bonds is 7. The zero-order chi connectivity index (χ0) is 14.2. The number of nitrogens with one attached hydrogen (secondary N) is 2. The first-order valence-electron chi connectivity index (χ1n) is 7.78. The molecule has 1 unspecified atom stereocenters. The Hall–Kier alpha value is -1.36. The zero-order valence-corrected chi connectivity index (χ0v) is 12.4. The van der Waals surface area contributed by atoms with Gasteiger partial charge in [0.2, 0.25) is 5.91 Å². The summed E-state index contributed by atoms with van der Waals surface area (Å²) in [5.41, 5.74) is 0. The number of likely N-dealkylation sites (tertiary alicyclic amines) is 1. The van der Waals surface area contributed by atoms with Gasteiger partial charge in [-0.2, -0.15) is 0 Å². The van der Waals surface area contributed by atoms with Gasteiger partial charge in [0, 0.05) is 31.4 Å². The molecule has 1 aromatic heterocycles. The molecule has 2 N–H and O–H groups in total. The van der Waals surface area contributed by atoms with Crippen LogP contribution in [0.5, 0.6) is 0 Å². The highest BCUT2D eigenvalue weighted by molar-refractivity contribution is 5.77. The molecule has 112 valence electrons. The highest BCUT2D eigenvalue weighted by Gasteiger charge is 2.24. The molecule has 0 spiro atoms. The van der Waals surface area contributed by atoms with Crippen molar-refractivity contribution in [3.8, 4) is 0 Å². The van der Waals surface area contributed by atoms with E-state index in [0.29, 0.717) is 12.5 Å². The van der Waals surface area contributed by atoms with Gasteiger partial charge in [-0.3, -0.25) is 9.69 Å². The maximum Gasteiger partial charge on any atom is 0.234 e. The Morgan fingerprint density at radius 2 is 2.45 bits per heavy atom. The lowest BCUT2D eigenvalue weighted by Crippen LogP contribution is -2.42. The number of aromatic amines is 1. The number of H-pyrrole nitrogens is 1. The van der Waals surface area contributed by atoms with E-state index in [2.05, 4.69) is 27.1 Å². The van der Waals surface area contributed by atoms with Gasteiger partial charge in [0.05, 0.1) is 6.54 Å². The van der Waals surface area contributed by atoms with Crippen LogP contribution in [-0.4, -0.2) is 47.0 Å². The summed E-state index contributed by atoms with van der Waals surface area (Å²) in [6, 6.07) is 0. The van der Waals surface area contributed by atoms with Crippen LogP contribution >= 0.6 is 0 Å². The number of nitrogens with zero attached hydrogens (tertiary/aromatic N) is 2. The molecule has 0 bridgehead atoms. The van der Waals surface area contributed by atoms with Gasteiger partial charge in [-0.25, -0.2) is 4.98 Å². The van der Waals surface area contributed by atoms with Crippen molar-refractivity contribution < 1.29 is 4.79 Å². The van der Waals surface area contributed by atoms with E-state index in [9.17, 15) is 4.79 Å². The third-order valence-electron chi connectivity index (χ3n) is 3.88. The molecular weight excluding hydrogens is 252 g/mol. The van der Waals surface area contributed by atoms with Crippen LogP contribution in [0.25, 0.3) is 0 Å². The van der Waals surface area contributed by atoms with E-state index >= 15 is 0 Å². The average Bonchev–Trinajstić information content (AvgIpc) is 2.98. The summed E-state index contributed by atoms with van der Waals surface area (Å²) in [7, 11) is 0. The Balaban J connectivity index is 1.71. The fourth-order valence-electron chi connectivity index (χ4n) is 2.78. The number of carbonyl (C=O) groups excluding carboxylic acids is 1. The van der Waals surface area contributed by atoms with E-state index in [1.807, 2.05) is 6.20 Å². The molecule has 1 atom stereocenters. The summed E-state index contributed by atoms with van der Waals surface area (Å²) < 4.78 is 0. The molecular formula is C15H26N4O. The minimum Gasteiger partial charge on any atom is -0.355 e. The van der Waals surface area contributed by atoms with Crippen molar-refractivity contribution in [3.63, 3.8) is 0 Å². The molecule has 2 heterocycles. The van der Waals surface area contributed by atoms with Crippen molar-refractivity contribution in [2.75, 3.05) is 26.2 Å². The molecule has 1 aromatic rings. The Morgan fingerprint density at radius 3 is 3.20 bits per heavy atom. The maximum absolute atomic E-state index is 11.9. The van der Waals surface area contributed by atoms with Gasteiger partial charge in [-0.05, 0) is 25.8 Å². The monoisotopic (exact) mass is 278 g/mol. The largest absolute Gasteiger partial charge is 0.355 e. The highest BCUT2D eigenvalue weighted by atomic mass is 16.2. The normalized spacial score (nSPS) is 19.9. The van der Waals surface area contributed by atoms with Crippen molar-refractivity contribution >= 4 is 5.91 Å². The number of imidazole rings is 1. The Kier molecular flexibility index (Phi) is 6.05. The molecule has 1 amide bonds. The summed E-state index contributed by atoms with van der Waals surface area (Å²) in [6.45, 7) is 5.44. The van der Waals surface area contributed by atoms with Crippen LogP contribution in [0, 0.1) is 0 Å². The summed E-state index contributed by atoms with van der Waals surface area (Å²) in [5.74, 6) is 1.64. The number of hydrogen-bond donors (Lipinski definition) is 2. The second kappa shape index (κ2) is 8.04. The standard InChI is InChI=1S/C15H26N4O/c1-2-3-4-7-16-14(20)12-19-10-5-6-13(11-19)15-17-8-9-18-15/h8-9,13H,2-7,10-12H2,1H3,(H,16,20)(H,17,18). The van der Waals surface area contributed by atoms with Crippen LogP contribution < -0.4 is 5.32 Å². The fraction of sp³-hybridized carbons (Fsp3) is 0.733. The summed E-state index contributed by atoms with van der Waals surface area (Å²) in [4.78, 5) is 21.7. The molecule has 0 aliphatic carbocycles. The molecule has 0 saturated carbocycles. The lowest BCUT2D eigenvalue weighted by Gasteiger charge is -2.31. The first-order chi connectivity index (χ1) is 9.79. The quantitative estimate of drug-likeness (QED) is 0.749. The molecule has 2 rings (SSSR count). The molecule has 0 aromatic carbocycles. The minimum atomic E-state index is 0.154. The lowest BCUT2D eigenvalue weighted by molar-refractivity contribution is -0.122. The van der Waals surface area contributed by atoms with Crippen LogP contribution in [0.1, 0.15) is 50.8 Å². The van der Waals surface area contributed by atoms with Crippen LogP contribution in [-0.2, 0) is 4.79 Å². The van der Waals surface area contributed by atoms with Crippen molar-refractivity contribution in [1.29, 1.82) is 0 Å². The first-order valence-corrected chi connectivity index (χ1v) is 7.78. The zero-order valence-electron chi connectivity index (χ0n) is 12.4. The number of carbonyl (C=O) groups is 1.